The average Bonchev–Trinajstić information content (AvgIpc) is 2.85. The Hall–Kier alpha value is -2.60. The molecule has 21 heavy (non-hydrogen) atoms. The molecule has 0 aliphatic heterocycles. The fourth-order valence-corrected chi connectivity index (χ4v) is 2.66. The Balaban J connectivity index is 1.63. The first kappa shape index (κ1) is 13.4. The van der Waals surface area contributed by atoms with Crippen molar-refractivity contribution in [1.29, 1.82) is 0 Å². The summed E-state index contributed by atoms with van der Waals surface area (Å²) >= 11 is 1.39. The first-order valence-electron chi connectivity index (χ1n) is 6.34. The number of carbonyl (C=O) groups excluding carboxylic acids is 1. The van der Waals surface area contributed by atoms with Crippen LogP contribution < -0.4 is 15.8 Å². The zero-order valence-corrected chi connectivity index (χ0v) is 11.9. The minimum absolute atomic E-state index is 0.0348. The van der Waals surface area contributed by atoms with E-state index in [-0.39, 0.29) is 12.5 Å². The first-order chi connectivity index (χ1) is 10.2. The van der Waals surface area contributed by atoms with Crippen LogP contribution in [-0.4, -0.2) is 17.5 Å². The maximum atomic E-state index is 11.9. The molecule has 0 spiro atoms. The molecule has 0 bridgehead atoms. The molecule has 3 rings (SSSR count). The van der Waals surface area contributed by atoms with Gasteiger partial charge in [-0.1, -0.05) is 29.5 Å². The fourth-order valence-electron chi connectivity index (χ4n) is 1.88. The van der Waals surface area contributed by atoms with Gasteiger partial charge in [-0.15, -0.1) is 0 Å². The molecule has 0 atom stereocenters. The molecule has 2 aromatic carbocycles. The summed E-state index contributed by atoms with van der Waals surface area (Å²) in [6.45, 7) is -0.0348. The summed E-state index contributed by atoms with van der Waals surface area (Å²) in [5, 5.41) is 3.30. The number of benzene rings is 2. The number of para-hydroxylation sites is 1. The fraction of sp³-hybridized carbons (Fsp3) is 0.0667. The highest BCUT2D eigenvalue weighted by Crippen LogP contribution is 2.26. The van der Waals surface area contributed by atoms with Gasteiger partial charge in [-0.3, -0.25) is 4.79 Å². The summed E-state index contributed by atoms with van der Waals surface area (Å²) in [4.78, 5) is 16.0. The standard InChI is InChI=1S/C15H13N3O2S/c16-15-18-12-7-6-10(8-13(12)21-15)17-14(19)9-20-11-4-2-1-3-5-11/h1-8H,9H2,(H2,16,18)(H,17,19). The van der Waals surface area contributed by atoms with Crippen LogP contribution in [0.1, 0.15) is 0 Å². The zero-order valence-electron chi connectivity index (χ0n) is 11.1. The van der Waals surface area contributed by atoms with E-state index >= 15 is 0 Å². The minimum atomic E-state index is -0.212. The van der Waals surface area contributed by atoms with Crippen LogP contribution in [0.2, 0.25) is 0 Å². The summed E-state index contributed by atoms with van der Waals surface area (Å²) in [7, 11) is 0. The van der Waals surface area contributed by atoms with Gasteiger partial charge in [0, 0.05) is 5.69 Å². The largest absolute Gasteiger partial charge is 0.484 e. The number of nitrogens with two attached hydrogens (primary N) is 1. The summed E-state index contributed by atoms with van der Waals surface area (Å²) in [5.74, 6) is 0.453. The first-order valence-corrected chi connectivity index (χ1v) is 7.16. The Morgan fingerprint density at radius 3 is 2.86 bits per heavy atom. The highest BCUT2D eigenvalue weighted by atomic mass is 32.1. The molecule has 1 aromatic heterocycles. The Kier molecular flexibility index (Phi) is 3.70. The van der Waals surface area contributed by atoms with Crippen LogP contribution >= 0.6 is 11.3 Å². The molecular weight excluding hydrogens is 286 g/mol. The number of nitrogens with one attached hydrogen (secondary N) is 1. The van der Waals surface area contributed by atoms with Crippen molar-refractivity contribution in [1.82, 2.24) is 4.98 Å². The van der Waals surface area contributed by atoms with Crippen molar-refractivity contribution in [3.8, 4) is 5.75 Å². The van der Waals surface area contributed by atoms with Crippen LogP contribution in [-0.2, 0) is 4.79 Å². The van der Waals surface area contributed by atoms with E-state index in [1.165, 1.54) is 11.3 Å². The Morgan fingerprint density at radius 1 is 1.24 bits per heavy atom. The quantitative estimate of drug-likeness (QED) is 0.776. The van der Waals surface area contributed by atoms with E-state index in [9.17, 15) is 4.79 Å². The lowest BCUT2D eigenvalue weighted by molar-refractivity contribution is -0.118. The number of carbonyl (C=O) groups is 1. The highest BCUT2D eigenvalue weighted by Gasteiger charge is 2.06. The van der Waals surface area contributed by atoms with Gasteiger partial charge in [0.05, 0.1) is 10.2 Å². The van der Waals surface area contributed by atoms with Gasteiger partial charge in [-0.2, -0.15) is 0 Å². The highest BCUT2D eigenvalue weighted by molar-refractivity contribution is 7.22. The van der Waals surface area contributed by atoms with Gasteiger partial charge in [0.1, 0.15) is 5.75 Å². The molecule has 0 unspecified atom stereocenters. The number of aromatic nitrogens is 1. The molecule has 0 aliphatic carbocycles. The van der Waals surface area contributed by atoms with Crippen molar-refractivity contribution in [3.63, 3.8) is 0 Å². The number of ether oxygens (including phenoxy) is 1. The zero-order chi connectivity index (χ0) is 14.7. The van der Waals surface area contributed by atoms with E-state index in [2.05, 4.69) is 10.3 Å². The van der Waals surface area contributed by atoms with Gasteiger partial charge < -0.3 is 15.8 Å². The number of anilines is 2. The Morgan fingerprint density at radius 2 is 2.05 bits per heavy atom. The lowest BCUT2D eigenvalue weighted by Gasteiger charge is -2.07. The number of fused-ring (bicyclic) bond motifs is 1. The van der Waals surface area contributed by atoms with E-state index < -0.39 is 0 Å². The lowest BCUT2D eigenvalue weighted by Crippen LogP contribution is -2.20. The normalized spacial score (nSPS) is 10.5. The number of thiazole rings is 1. The second-order valence-electron chi connectivity index (χ2n) is 4.38. The molecule has 0 saturated carbocycles. The number of amides is 1. The second kappa shape index (κ2) is 5.80. The van der Waals surface area contributed by atoms with E-state index in [0.29, 0.717) is 16.6 Å². The smallest absolute Gasteiger partial charge is 0.262 e. The maximum Gasteiger partial charge on any atom is 0.262 e. The van der Waals surface area contributed by atoms with E-state index in [4.69, 9.17) is 10.5 Å². The molecule has 3 aromatic rings. The van der Waals surface area contributed by atoms with Crippen molar-refractivity contribution in [2.75, 3.05) is 17.7 Å². The van der Waals surface area contributed by atoms with Gasteiger partial charge in [0.25, 0.3) is 5.91 Å². The van der Waals surface area contributed by atoms with Crippen LogP contribution in [0.3, 0.4) is 0 Å². The van der Waals surface area contributed by atoms with Crippen LogP contribution in [0.5, 0.6) is 5.75 Å². The van der Waals surface area contributed by atoms with Crippen LogP contribution in [0.15, 0.2) is 48.5 Å². The molecule has 0 aliphatic rings. The van der Waals surface area contributed by atoms with Crippen molar-refractivity contribution in [2.45, 2.75) is 0 Å². The number of nitrogen functional groups attached to an aromatic ring is 1. The molecule has 0 fully saturated rings. The predicted molar refractivity (Wildman–Crippen MR) is 84.6 cm³/mol. The monoisotopic (exact) mass is 299 g/mol. The van der Waals surface area contributed by atoms with Gasteiger partial charge >= 0.3 is 0 Å². The van der Waals surface area contributed by atoms with Gasteiger partial charge in [-0.25, -0.2) is 4.98 Å². The number of hydrogen-bond acceptors (Lipinski definition) is 5. The number of hydrogen-bond donors (Lipinski definition) is 2. The molecule has 1 heterocycles. The van der Waals surface area contributed by atoms with Crippen LogP contribution in [0, 0.1) is 0 Å². The number of rotatable bonds is 4. The SMILES string of the molecule is Nc1nc2ccc(NC(=O)COc3ccccc3)cc2s1. The van der Waals surface area contributed by atoms with Gasteiger partial charge in [0.15, 0.2) is 11.7 Å². The molecule has 5 nitrogen and oxygen atoms in total. The Bertz CT molecular complexity index is 771. The van der Waals surface area contributed by atoms with Gasteiger partial charge in [0.2, 0.25) is 0 Å². The minimum Gasteiger partial charge on any atom is -0.484 e. The van der Waals surface area contributed by atoms with Crippen molar-refractivity contribution in [2.24, 2.45) is 0 Å². The third-order valence-electron chi connectivity index (χ3n) is 2.80. The van der Waals surface area contributed by atoms with E-state index in [1.807, 2.05) is 30.3 Å². The van der Waals surface area contributed by atoms with Crippen molar-refractivity contribution in [3.05, 3.63) is 48.5 Å². The molecule has 3 N–H and O–H groups in total. The number of nitrogens with zero attached hydrogens (tertiary/aromatic N) is 1. The summed E-state index contributed by atoms with van der Waals surface area (Å²) in [6.07, 6.45) is 0. The predicted octanol–water partition coefficient (Wildman–Crippen LogP) is 2.90. The molecule has 106 valence electrons. The average molecular weight is 299 g/mol. The molecule has 6 heteroatoms. The van der Waals surface area contributed by atoms with Crippen LogP contribution in [0.25, 0.3) is 10.2 Å². The van der Waals surface area contributed by atoms with Crippen molar-refractivity contribution < 1.29 is 9.53 Å². The lowest BCUT2D eigenvalue weighted by atomic mass is 10.3. The van der Waals surface area contributed by atoms with Crippen molar-refractivity contribution >= 4 is 38.3 Å². The van der Waals surface area contributed by atoms with Crippen LogP contribution in [0.4, 0.5) is 10.8 Å². The molecule has 1 amide bonds. The van der Waals surface area contributed by atoms with E-state index in [1.54, 1.807) is 18.2 Å². The molecular formula is C15H13N3O2S. The molecule has 0 saturated heterocycles. The van der Waals surface area contributed by atoms with Gasteiger partial charge in [-0.05, 0) is 30.3 Å². The third kappa shape index (κ3) is 3.29. The summed E-state index contributed by atoms with van der Waals surface area (Å²) in [6, 6.07) is 14.7. The second-order valence-corrected chi connectivity index (χ2v) is 5.45. The maximum absolute atomic E-state index is 11.9. The third-order valence-corrected chi connectivity index (χ3v) is 3.65. The Labute approximate surface area is 125 Å². The van der Waals surface area contributed by atoms with E-state index in [0.717, 1.165) is 10.2 Å². The summed E-state index contributed by atoms with van der Waals surface area (Å²) in [5.41, 5.74) is 7.19. The topological polar surface area (TPSA) is 77.2 Å². The summed E-state index contributed by atoms with van der Waals surface area (Å²) < 4.78 is 6.33. The molecule has 0 radical (unpaired) electrons.